The van der Waals surface area contributed by atoms with Gasteiger partial charge in [-0.1, -0.05) is 12.5 Å². The number of hydrogen-bond acceptors (Lipinski definition) is 4. The van der Waals surface area contributed by atoms with Crippen molar-refractivity contribution in [3.63, 3.8) is 0 Å². The second-order valence-corrected chi connectivity index (χ2v) is 5.06. The van der Waals surface area contributed by atoms with Crippen molar-refractivity contribution in [1.82, 2.24) is 0 Å². The fourth-order valence-corrected chi connectivity index (χ4v) is 2.66. The highest BCUT2D eigenvalue weighted by molar-refractivity contribution is 5.32. The number of rotatable bonds is 5. The summed E-state index contributed by atoms with van der Waals surface area (Å²) in [7, 11) is 1.63. The molecule has 2 atom stereocenters. The maximum absolute atomic E-state index is 9.15. The van der Waals surface area contributed by atoms with Crippen molar-refractivity contribution >= 4 is 0 Å². The Labute approximate surface area is 114 Å². The number of nitriles is 1. The number of methoxy groups -OCH3 is 1. The van der Waals surface area contributed by atoms with E-state index in [2.05, 4.69) is 6.07 Å². The van der Waals surface area contributed by atoms with Crippen molar-refractivity contribution in [1.29, 1.82) is 5.26 Å². The number of benzene rings is 1. The van der Waals surface area contributed by atoms with Crippen LogP contribution in [0.1, 0.15) is 25.7 Å². The monoisotopic (exact) mass is 260 g/mol. The van der Waals surface area contributed by atoms with Gasteiger partial charge >= 0.3 is 0 Å². The standard InChI is InChI=1S/C15H20N2O2/c1-18-13-5-2-6-14(10-13)19-9-7-12-4-3-8-15(12,17)11-16/h2,5-6,10,12H,3-4,7-9,17H2,1H3. The first-order chi connectivity index (χ1) is 9.18. The van der Waals surface area contributed by atoms with Crippen LogP contribution < -0.4 is 15.2 Å². The van der Waals surface area contributed by atoms with Gasteiger partial charge in [0.1, 0.15) is 17.0 Å². The van der Waals surface area contributed by atoms with Gasteiger partial charge < -0.3 is 15.2 Å². The minimum atomic E-state index is -0.655. The van der Waals surface area contributed by atoms with Crippen LogP contribution >= 0.6 is 0 Å². The van der Waals surface area contributed by atoms with E-state index in [-0.39, 0.29) is 5.92 Å². The molecule has 0 aliphatic heterocycles. The molecule has 102 valence electrons. The Kier molecular flexibility index (Phi) is 4.28. The van der Waals surface area contributed by atoms with Gasteiger partial charge in [0.2, 0.25) is 0 Å². The van der Waals surface area contributed by atoms with Gasteiger partial charge in [-0.25, -0.2) is 0 Å². The molecule has 19 heavy (non-hydrogen) atoms. The molecule has 1 fully saturated rings. The highest BCUT2D eigenvalue weighted by Crippen LogP contribution is 2.35. The first-order valence-corrected chi connectivity index (χ1v) is 6.65. The average Bonchev–Trinajstić information content (AvgIpc) is 2.81. The van der Waals surface area contributed by atoms with Gasteiger partial charge in [-0.2, -0.15) is 5.26 Å². The predicted molar refractivity (Wildman–Crippen MR) is 73.0 cm³/mol. The molecule has 1 aromatic carbocycles. The van der Waals surface area contributed by atoms with Crippen molar-refractivity contribution < 1.29 is 9.47 Å². The summed E-state index contributed by atoms with van der Waals surface area (Å²) in [4.78, 5) is 0. The van der Waals surface area contributed by atoms with Gasteiger partial charge in [0.15, 0.2) is 0 Å². The molecule has 0 bridgehead atoms. The van der Waals surface area contributed by atoms with Gasteiger partial charge in [-0.15, -0.1) is 0 Å². The van der Waals surface area contributed by atoms with Gasteiger partial charge in [0, 0.05) is 6.07 Å². The minimum Gasteiger partial charge on any atom is -0.497 e. The van der Waals surface area contributed by atoms with Crippen LogP contribution in [0, 0.1) is 17.2 Å². The molecule has 0 radical (unpaired) electrons. The van der Waals surface area contributed by atoms with Crippen molar-refractivity contribution in [2.45, 2.75) is 31.2 Å². The summed E-state index contributed by atoms with van der Waals surface area (Å²) >= 11 is 0. The Bertz CT molecular complexity index is 469. The van der Waals surface area contributed by atoms with E-state index in [0.29, 0.717) is 6.61 Å². The Morgan fingerprint density at radius 1 is 1.47 bits per heavy atom. The SMILES string of the molecule is COc1cccc(OCCC2CCCC2(N)C#N)c1. The Balaban J connectivity index is 1.85. The lowest BCUT2D eigenvalue weighted by atomic mass is 9.87. The van der Waals surface area contributed by atoms with Crippen LogP contribution in [0.2, 0.25) is 0 Å². The lowest BCUT2D eigenvalue weighted by Gasteiger charge is -2.23. The molecular weight excluding hydrogens is 240 g/mol. The Morgan fingerprint density at radius 2 is 2.26 bits per heavy atom. The summed E-state index contributed by atoms with van der Waals surface area (Å²) in [5, 5.41) is 9.15. The minimum absolute atomic E-state index is 0.239. The molecule has 0 amide bonds. The van der Waals surface area contributed by atoms with E-state index in [0.717, 1.165) is 37.2 Å². The van der Waals surface area contributed by atoms with Gasteiger partial charge in [0.25, 0.3) is 0 Å². The zero-order valence-electron chi connectivity index (χ0n) is 11.3. The molecular formula is C15H20N2O2. The third-order valence-corrected chi connectivity index (χ3v) is 3.86. The summed E-state index contributed by atoms with van der Waals surface area (Å²) in [6, 6.07) is 9.79. The van der Waals surface area contributed by atoms with Crippen LogP contribution in [0.25, 0.3) is 0 Å². The number of ether oxygens (including phenoxy) is 2. The van der Waals surface area contributed by atoms with Crippen LogP contribution in [0.15, 0.2) is 24.3 Å². The Morgan fingerprint density at radius 3 is 3.00 bits per heavy atom. The smallest absolute Gasteiger partial charge is 0.122 e. The first-order valence-electron chi connectivity index (χ1n) is 6.65. The molecule has 0 aromatic heterocycles. The molecule has 4 heteroatoms. The third kappa shape index (κ3) is 3.18. The highest BCUT2D eigenvalue weighted by atomic mass is 16.5. The molecule has 0 heterocycles. The average molecular weight is 260 g/mol. The van der Waals surface area contributed by atoms with Gasteiger partial charge in [0.05, 0.1) is 19.8 Å². The summed E-state index contributed by atoms with van der Waals surface area (Å²) in [6.07, 6.45) is 3.67. The van der Waals surface area contributed by atoms with E-state index in [1.54, 1.807) is 7.11 Å². The van der Waals surface area contributed by atoms with Crippen LogP contribution in [0.5, 0.6) is 11.5 Å². The van der Waals surface area contributed by atoms with E-state index in [1.165, 1.54) is 0 Å². The maximum Gasteiger partial charge on any atom is 0.122 e. The molecule has 2 rings (SSSR count). The van der Waals surface area contributed by atoms with E-state index in [9.17, 15) is 0 Å². The fourth-order valence-electron chi connectivity index (χ4n) is 2.66. The predicted octanol–water partition coefficient (Wildman–Crippen LogP) is 2.49. The topological polar surface area (TPSA) is 68.3 Å². The van der Waals surface area contributed by atoms with Crippen LogP contribution in [-0.2, 0) is 0 Å². The van der Waals surface area contributed by atoms with Crippen molar-refractivity contribution in [3.05, 3.63) is 24.3 Å². The molecule has 2 unspecified atom stereocenters. The third-order valence-electron chi connectivity index (χ3n) is 3.86. The van der Waals surface area contributed by atoms with Crippen LogP contribution in [-0.4, -0.2) is 19.3 Å². The fraction of sp³-hybridized carbons (Fsp3) is 0.533. The molecule has 0 saturated heterocycles. The molecule has 0 spiro atoms. The summed E-state index contributed by atoms with van der Waals surface area (Å²) in [5.74, 6) is 1.81. The van der Waals surface area contributed by atoms with Crippen molar-refractivity contribution in [3.8, 4) is 17.6 Å². The lowest BCUT2D eigenvalue weighted by Crippen LogP contribution is -2.42. The molecule has 4 nitrogen and oxygen atoms in total. The summed E-state index contributed by atoms with van der Waals surface area (Å²) in [6.45, 7) is 0.582. The Hall–Kier alpha value is -1.73. The largest absolute Gasteiger partial charge is 0.497 e. The zero-order valence-corrected chi connectivity index (χ0v) is 11.3. The summed E-state index contributed by atoms with van der Waals surface area (Å²) < 4.78 is 10.8. The molecule has 1 saturated carbocycles. The maximum atomic E-state index is 9.15. The molecule has 1 aromatic rings. The molecule has 2 N–H and O–H groups in total. The van der Waals surface area contributed by atoms with Crippen LogP contribution in [0.3, 0.4) is 0 Å². The van der Waals surface area contributed by atoms with Crippen molar-refractivity contribution in [2.24, 2.45) is 11.7 Å². The van der Waals surface area contributed by atoms with E-state index < -0.39 is 5.54 Å². The highest BCUT2D eigenvalue weighted by Gasteiger charge is 2.39. The van der Waals surface area contributed by atoms with Crippen LogP contribution in [0.4, 0.5) is 0 Å². The number of nitrogens with zero attached hydrogens (tertiary/aromatic N) is 1. The lowest BCUT2D eigenvalue weighted by molar-refractivity contribution is 0.254. The second-order valence-electron chi connectivity index (χ2n) is 5.06. The van der Waals surface area contributed by atoms with E-state index in [1.807, 2.05) is 24.3 Å². The first kappa shape index (κ1) is 13.7. The number of hydrogen-bond donors (Lipinski definition) is 1. The summed E-state index contributed by atoms with van der Waals surface area (Å²) in [5.41, 5.74) is 5.44. The molecule has 1 aliphatic rings. The normalized spacial score (nSPS) is 25.8. The second kappa shape index (κ2) is 5.94. The van der Waals surface area contributed by atoms with Crippen molar-refractivity contribution in [2.75, 3.05) is 13.7 Å². The zero-order chi connectivity index (χ0) is 13.7. The van der Waals surface area contributed by atoms with E-state index >= 15 is 0 Å². The van der Waals surface area contributed by atoms with E-state index in [4.69, 9.17) is 20.5 Å². The van der Waals surface area contributed by atoms with Gasteiger partial charge in [-0.3, -0.25) is 0 Å². The quantitative estimate of drug-likeness (QED) is 0.883. The number of nitrogens with two attached hydrogens (primary N) is 1. The molecule has 1 aliphatic carbocycles. The van der Waals surface area contributed by atoms with Gasteiger partial charge in [-0.05, 0) is 37.3 Å².